The first-order chi connectivity index (χ1) is 8.63. The van der Waals surface area contributed by atoms with E-state index in [4.69, 9.17) is 0 Å². The van der Waals surface area contributed by atoms with E-state index in [1.807, 2.05) is 0 Å². The van der Waals surface area contributed by atoms with E-state index in [9.17, 15) is 5.11 Å². The quantitative estimate of drug-likeness (QED) is 0.731. The number of nitrogens with zero attached hydrogens (tertiary/aromatic N) is 1. The van der Waals surface area contributed by atoms with Gasteiger partial charge in [-0.25, -0.2) is 0 Å². The first-order valence-electron chi connectivity index (χ1n) is 7.75. The molecule has 2 rings (SSSR count). The van der Waals surface area contributed by atoms with E-state index in [-0.39, 0.29) is 12.1 Å². The second-order valence-corrected chi connectivity index (χ2v) is 6.62. The average molecular weight is 254 g/mol. The second kappa shape index (κ2) is 6.36. The van der Waals surface area contributed by atoms with E-state index in [2.05, 4.69) is 24.1 Å². The maximum absolute atomic E-state index is 9.57. The Balaban J connectivity index is 1.68. The third-order valence-corrected chi connectivity index (χ3v) is 4.59. The molecule has 0 radical (unpaired) electrons. The number of rotatable bonds is 7. The molecule has 2 N–H and O–H groups in total. The Bertz CT molecular complexity index is 255. The van der Waals surface area contributed by atoms with Crippen molar-refractivity contribution in [2.75, 3.05) is 19.7 Å². The Hall–Kier alpha value is -0.120. The summed E-state index contributed by atoms with van der Waals surface area (Å²) in [7, 11) is 0. The van der Waals surface area contributed by atoms with Gasteiger partial charge in [-0.1, -0.05) is 6.42 Å². The van der Waals surface area contributed by atoms with Crippen LogP contribution >= 0.6 is 0 Å². The number of nitrogens with one attached hydrogen (secondary N) is 1. The van der Waals surface area contributed by atoms with E-state index in [1.165, 1.54) is 51.6 Å². The molecule has 0 bridgehead atoms. The summed E-state index contributed by atoms with van der Waals surface area (Å²) in [5.41, 5.74) is -0.0554. The number of hydrogen-bond donors (Lipinski definition) is 2. The molecule has 1 saturated carbocycles. The average Bonchev–Trinajstić information content (AvgIpc) is 3.15. The van der Waals surface area contributed by atoms with Crippen molar-refractivity contribution in [1.82, 2.24) is 10.2 Å². The summed E-state index contributed by atoms with van der Waals surface area (Å²) in [6.07, 6.45) is 8.98. The van der Waals surface area contributed by atoms with Crippen LogP contribution in [0.4, 0.5) is 0 Å². The summed E-state index contributed by atoms with van der Waals surface area (Å²) in [6.45, 7) is 7.26. The normalized spacial score (nSPS) is 29.2. The van der Waals surface area contributed by atoms with Crippen molar-refractivity contribution in [1.29, 1.82) is 0 Å². The Labute approximate surface area is 112 Å². The molecule has 1 heterocycles. The van der Waals surface area contributed by atoms with E-state index >= 15 is 0 Å². The highest BCUT2D eigenvalue weighted by atomic mass is 16.3. The summed E-state index contributed by atoms with van der Waals surface area (Å²) in [6, 6.07) is 1.44. The third kappa shape index (κ3) is 4.22. The first-order valence-corrected chi connectivity index (χ1v) is 7.75. The molecule has 1 aliphatic carbocycles. The standard InChI is InChI=1S/C15H30N2O/c1-13-6-3-4-10-17(13)11-5-9-15(2,12-18)16-14-7-8-14/h13-14,16,18H,3-12H2,1-2H3. The molecule has 0 aromatic rings. The van der Waals surface area contributed by atoms with Gasteiger partial charge in [0.15, 0.2) is 0 Å². The van der Waals surface area contributed by atoms with Crippen LogP contribution in [0.3, 0.4) is 0 Å². The Morgan fingerprint density at radius 2 is 2.06 bits per heavy atom. The molecule has 2 unspecified atom stereocenters. The van der Waals surface area contributed by atoms with Gasteiger partial charge in [-0.15, -0.1) is 0 Å². The van der Waals surface area contributed by atoms with Gasteiger partial charge in [0.05, 0.1) is 6.61 Å². The molecule has 3 nitrogen and oxygen atoms in total. The fourth-order valence-corrected chi connectivity index (χ4v) is 3.08. The number of likely N-dealkylation sites (tertiary alicyclic amines) is 1. The highest BCUT2D eigenvalue weighted by Crippen LogP contribution is 2.25. The molecule has 2 fully saturated rings. The van der Waals surface area contributed by atoms with Crippen LogP contribution in [-0.4, -0.2) is 47.3 Å². The van der Waals surface area contributed by atoms with Gasteiger partial charge in [0, 0.05) is 17.6 Å². The fourth-order valence-electron chi connectivity index (χ4n) is 3.08. The van der Waals surface area contributed by atoms with Crippen molar-refractivity contribution < 1.29 is 5.11 Å². The van der Waals surface area contributed by atoms with E-state index in [1.54, 1.807) is 0 Å². The zero-order valence-corrected chi connectivity index (χ0v) is 12.1. The van der Waals surface area contributed by atoms with Crippen LogP contribution in [0.15, 0.2) is 0 Å². The predicted octanol–water partition coefficient (Wildman–Crippen LogP) is 2.14. The lowest BCUT2D eigenvalue weighted by Gasteiger charge is -2.35. The van der Waals surface area contributed by atoms with Crippen LogP contribution in [-0.2, 0) is 0 Å². The lowest BCUT2D eigenvalue weighted by atomic mass is 9.95. The van der Waals surface area contributed by atoms with Crippen LogP contribution in [0.25, 0.3) is 0 Å². The highest BCUT2D eigenvalue weighted by Gasteiger charge is 2.31. The Kier molecular flexibility index (Phi) is 5.05. The summed E-state index contributed by atoms with van der Waals surface area (Å²) in [5.74, 6) is 0. The third-order valence-electron chi connectivity index (χ3n) is 4.59. The lowest BCUT2D eigenvalue weighted by molar-refractivity contribution is 0.132. The minimum Gasteiger partial charge on any atom is -0.394 e. The molecule has 106 valence electrons. The minimum absolute atomic E-state index is 0.0554. The van der Waals surface area contributed by atoms with Crippen LogP contribution in [0.2, 0.25) is 0 Å². The van der Waals surface area contributed by atoms with Gasteiger partial charge < -0.3 is 15.3 Å². The van der Waals surface area contributed by atoms with E-state index in [0.717, 1.165) is 12.5 Å². The van der Waals surface area contributed by atoms with Crippen molar-refractivity contribution in [3.8, 4) is 0 Å². The maximum atomic E-state index is 9.57. The molecule has 0 spiro atoms. The Morgan fingerprint density at radius 1 is 1.28 bits per heavy atom. The minimum atomic E-state index is -0.0554. The maximum Gasteiger partial charge on any atom is 0.0610 e. The van der Waals surface area contributed by atoms with E-state index in [0.29, 0.717) is 6.04 Å². The van der Waals surface area contributed by atoms with E-state index < -0.39 is 0 Å². The van der Waals surface area contributed by atoms with Crippen LogP contribution < -0.4 is 5.32 Å². The topological polar surface area (TPSA) is 35.5 Å². The molecule has 18 heavy (non-hydrogen) atoms. The zero-order valence-electron chi connectivity index (χ0n) is 12.1. The smallest absolute Gasteiger partial charge is 0.0610 e. The second-order valence-electron chi connectivity index (χ2n) is 6.62. The van der Waals surface area contributed by atoms with Crippen LogP contribution in [0.1, 0.15) is 58.8 Å². The van der Waals surface area contributed by atoms with Gasteiger partial charge in [-0.2, -0.15) is 0 Å². The van der Waals surface area contributed by atoms with Gasteiger partial charge in [0.2, 0.25) is 0 Å². The summed E-state index contributed by atoms with van der Waals surface area (Å²) in [4.78, 5) is 2.62. The van der Waals surface area contributed by atoms with Gasteiger partial charge in [-0.3, -0.25) is 0 Å². The number of hydrogen-bond acceptors (Lipinski definition) is 3. The fraction of sp³-hybridized carbons (Fsp3) is 1.00. The predicted molar refractivity (Wildman–Crippen MR) is 75.8 cm³/mol. The largest absolute Gasteiger partial charge is 0.394 e. The number of aliphatic hydroxyl groups excluding tert-OH is 1. The SMILES string of the molecule is CC1CCCCN1CCCC(C)(CO)NC1CC1. The molecule has 0 aromatic heterocycles. The van der Waals surface area contributed by atoms with Crippen molar-refractivity contribution in [2.45, 2.75) is 76.4 Å². The van der Waals surface area contributed by atoms with Gasteiger partial charge in [0.25, 0.3) is 0 Å². The van der Waals surface area contributed by atoms with Crippen molar-refractivity contribution >= 4 is 0 Å². The molecule has 0 aromatic carbocycles. The van der Waals surface area contributed by atoms with Crippen molar-refractivity contribution in [3.05, 3.63) is 0 Å². The number of aliphatic hydroxyl groups is 1. The summed E-state index contributed by atoms with van der Waals surface area (Å²) >= 11 is 0. The van der Waals surface area contributed by atoms with Crippen molar-refractivity contribution in [3.63, 3.8) is 0 Å². The highest BCUT2D eigenvalue weighted by molar-refractivity contribution is 4.92. The first kappa shape index (κ1) is 14.3. The number of piperidine rings is 1. The molecule has 2 aliphatic rings. The Morgan fingerprint density at radius 3 is 2.67 bits per heavy atom. The van der Waals surface area contributed by atoms with Gasteiger partial charge in [-0.05, 0) is 65.5 Å². The molecule has 1 saturated heterocycles. The van der Waals surface area contributed by atoms with Crippen LogP contribution in [0, 0.1) is 0 Å². The van der Waals surface area contributed by atoms with Gasteiger partial charge >= 0.3 is 0 Å². The molecular weight excluding hydrogens is 224 g/mol. The monoisotopic (exact) mass is 254 g/mol. The van der Waals surface area contributed by atoms with Crippen LogP contribution in [0.5, 0.6) is 0 Å². The molecule has 3 heteroatoms. The molecular formula is C15H30N2O. The summed E-state index contributed by atoms with van der Waals surface area (Å²) < 4.78 is 0. The molecule has 2 atom stereocenters. The van der Waals surface area contributed by atoms with Crippen molar-refractivity contribution in [2.24, 2.45) is 0 Å². The zero-order chi connectivity index (χ0) is 13.0. The van der Waals surface area contributed by atoms with Gasteiger partial charge in [0.1, 0.15) is 0 Å². The molecule has 1 aliphatic heterocycles. The summed E-state index contributed by atoms with van der Waals surface area (Å²) in [5, 5.41) is 13.2. The lowest BCUT2D eigenvalue weighted by Crippen LogP contribution is -2.47. The molecule has 0 amide bonds.